The zero-order valence-corrected chi connectivity index (χ0v) is 17.3. The van der Waals surface area contributed by atoms with Crippen molar-refractivity contribution >= 4 is 5.97 Å². The summed E-state index contributed by atoms with van der Waals surface area (Å²) >= 11 is 0. The lowest BCUT2D eigenvalue weighted by molar-refractivity contribution is -0.487. The van der Waals surface area contributed by atoms with Gasteiger partial charge in [0.1, 0.15) is 12.2 Å². The van der Waals surface area contributed by atoms with E-state index >= 15 is 0 Å². The van der Waals surface area contributed by atoms with Crippen molar-refractivity contribution in [3.05, 3.63) is 94.1 Å². The van der Waals surface area contributed by atoms with Crippen molar-refractivity contribution in [1.82, 2.24) is 0 Å². The maximum Gasteiger partial charge on any atom is 0.303 e. The molecule has 2 aromatic carbocycles. The molecule has 2 rings (SSSR count). The van der Waals surface area contributed by atoms with Crippen molar-refractivity contribution < 1.29 is 29.0 Å². The predicted molar refractivity (Wildman–Crippen MR) is 114 cm³/mol. The molecule has 0 amide bonds. The molecule has 0 aromatic heterocycles. The number of rotatable bonds is 13. The van der Waals surface area contributed by atoms with E-state index in [1.807, 2.05) is 60.7 Å². The van der Waals surface area contributed by atoms with E-state index in [0.29, 0.717) is 6.61 Å². The lowest BCUT2D eigenvalue weighted by Crippen LogP contribution is -2.36. The molecule has 0 fully saturated rings. The van der Waals surface area contributed by atoms with Crippen LogP contribution in [0.2, 0.25) is 0 Å². The predicted octanol–water partition coefficient (Wildman–Crippen LogP) is 2.91. The average Bonchev–Trinajstić information content (AvgIpc) is 2.74. The number of carbonyl (C=O) groups is 1. The van der Waals surface area contributed by atoms with Gasteiger partial charge in [-0.3, -0.25) is 14.9 Å². The Kier molecular flexibility index (Phi) is 10.4. The summed E-state index contributed by atoms with van der Waals surface area (Å²) in [7, 11) is 0. The molecule has 0 aliphatic carbocycles. The standard InChI is InChI=1S/C23H27NO7/c1-18(25)31-23(17-29-15-19-8-4-2-5-9-19)22(13-12-21(26)14-24(27)28)30-16-20-10-6-3-7-11-20/h2-13,21-23,26H,14-17H2,1H3/b13-12+/t21-,22-,23+/m0/s1. The Labute approximate surface area is 181 Å². The molecule has 0 unspecified atom stereocenters. The van der Waals surface area contributed by atoms with Crippen LogP contribution in [0.3, 0.4) is 0 Å². The number of carbonyl (C=O) groups excluding carboxylic acids is 1. The van der Waals surface area contributed by atoms with Gasteiger partial charge in [0.05, 0.1) is 19.8 Å². The summed E-state index contributed by atoms with van der Waals surface area (Å²) in [5.74, 6) is -0.513. The molecule has 0 saturated carbocycles. The Morgan fingerprint density at radius 3 is 2.16 bits per heavy atom. The fraction of sp³-hybridized carbons (Fsp3) is 0.348. The fourth-order valence-electron chi connectivity index (χ4n) is 2.78. The van der Waals surface area contributed by atoms with Crippen LogP contribution in [0.25, 0.3) is 0 Å². The van der Waals surface area contributed by atoms with Crippen LogP contribution >= 0.6 is 0 Å². The summed E-state index contributed by atoms with van der Waals surface area (Å²) in [6.07, 6.45) is -0.130. The number of benzene rings is 2. The third-order valence-corrected chi connectivity index (χ3v) is 4.22. The Morgan fingerprint density at radius 2 is 1.61 bits per heavy atom. The van der Waals surface area contributed by atoms with Crippen LogP contribution in [0.15, 0.2) is 72.8 Å². The Morgan fingerprint density at radius 1 is 1.03 bits per heavy atom. The number of esters is 1. The SMILES string of the molecule is CC(=O)O[C@H](COCc1ccccc1)[C@H](/C=C/[C@H](O)C[N+](=O)[O-])OCc1ccccc1. The molecule has 0 radical (unpaired) electrons. The van der Waals surface area contributed by atoms with E-state index in [1.165, 1.54) is 19.1 Å². The highest BCUT2D eigenvalue weighted by Gasteiger charge is 2.24. The molecule has 2 aromatic rings. The number of nitro groups is 1. The summed E-state index contributed by atoms with van der Waals surface area (Å²) in [5, 5.41) is 20.4. The van der Waals surface area contributed by atoms with E-state index in [0.717, 1.165) is 11.1 Å². The highest BCUT2D eigenvalue weighted by molar-refractivity contribution is 5.66. The van der Waals surface area contributed by atoms with Gasteiger partial charge in [-0.25, -0.2) is 0 Å². The number of nitrogens with zero attached hydrogens (tertiary/aromatic N) is 1. The van der Waals surface area contributed by atoms with Crippen molar-refractivity contribution in [1.29, 1.82) is 0 Å². The first-order valence-corrected chi connectivity index (χ1v) is 9.86. The molecule has 8 heteroatoms. The zero-order valence-electron chi connectivity index (χ0n) is 17.3. The lowest BCUT2D eigenvalue weighted by Gasteiger charge is -2.25. The van der Waals surface area contributed by atoms with Crippen molar-refractivity contribution in [2.45, 2.75) is 38.4 Å². The molecule has 0 aliphatic rings. The van der Waals surface area contributed by atoms with E-state index in [1.54, 1.807) is 0 Å². The number of hydrogen-bond donors (Lipinski definition) is 1. The molecule has 31 heavy (non-hydrogen) atoms. The van der Waals surface area contributed by atoms with Crippen LogP contribution in [-0.4, -0.2) is 47.5 Å². The van der Waals surface area contributed by atoms with E-state index in [4.69, 9.17) is 14.2 Å². The third kappa shape index (κ3) is 9.99. The Balaban J connectivity index is 2.09. The molecule has 3 atom stereocenters. The average molecular weight is 429 g/mol. The fourth-order valence-corrected chi connectivity index (χ4v) is 2.78. The molecule has 166 valence electrons. The van der Waals surface area contributed by atoms with Gasteiger partial charge in [0.25, 0.3) is 0 Å². The van der Waals surface area contributed by atoms with Gasteiger partial charge in [0.15, 0.2) is 6.10 Å². The van der Waals surface area contributed by atoms with Crippen LogP contribution < -0.4 is 0 Å². The third-order valence-electron chi connectivity index (χ3n) is 4.22. The first kappa shape index (κ1) is 24.2. The number of aliphatic hydroxyl groups excluding tert-OH is 1. The second kappa shape index (κ2) is 13.3. The highest BCUT2D eigenvalue weighted by atomic mass is 16.6. The monoisotopic (exact) mass is 429 g/mol. The van der Waals surface area contributed by atoms with Crippen molar-refractivity contribution in [3.63, 3.8) is 0 Å². The van der Waals surface area contributed by atoms with Crippen LogP contribution in [0.4, 0.5) is 0 Å². The number of ether oxygens (including phenoxy) is 3. The van der Waals surface area contributed by atoms with E-state index < -0.39 is 35.7 Å². The minimum Gasteiger partial charge on any atom is -0.457 e. The Hall–Kier alpha value is -3.07. The maximum atomic E-state index is 11.7. The number of aliphatic hydroxyl groups is 1. The van der Waals surface area contributed by atoms with Gasteiger partial charge in [0.2, 0.25) is 6.54 Å². The van der Waals surface area contributed by atoms with Crippen molar-refractivity contribution in [2.24, 2.45) is 0 Å². The molecule has 0 bridgehead atoms. The van der Waals surface area contributed by atoms with Gasteiger partial charge in [-0.05, 0) is 11.1 Å². The Bertz CT molecular complexity index is 826. The minimum absolute atomic E-state index is 0.0452. The van der Waals surface area contributed by atoms with Crippen LogP contribution in [0.5, 0.6) is 0 Å². The van der Waals surface area contributed by atoms with Crippen LogP contribution in [-0.2, 0) is 32.2 Å². The smallest absolute Gasteiger partial charge is 0.303 e. The second-order valence-corrected chi connectivity index (χ2v) is 6.88. The van der Waals surface area contributed by atoms with Gasteiger partial charge in [-0.15, -0.1) is 0 Å². The van der Waals surface area contributed by atoms with Gasteiger partial charge in [-0.2, -0.15) is 0 Å². The quantitative estimate of drug-likeness (QED) is 0.226. The van der Waals surface area contributed by atoms with E-state index in [2.05, 4.69) is 0 Å². The lowest BCUT2D eigenvalue weighted by atomic mass is 10.1. The van der Waals surface area contributed by atoms with Crippen LogP contribution in [0, 0.1) is 10.1 Å². The van der Waals surface area contributed by atoms with E-state index in [9.17, 15) is 20.0 Å². The summed E-state index contributed by atoms with van der Waals surface area (Å²) in [4.78, 5) is 21.7. The zero-order chi connectivity index (χ0) is 22.5. The molecule has 0 spiro atoms. The van der Waals surface area contributed by atoms with Gasteiger partial charge in [-0.1, -0.05) is 72.8 Å². The van der Waals surface area contributed by atoms with E-state index in [-0.39, 0.29) is 13.2 Å². The summed E-state index contributed by atoms with van der Waals surface area (Å²) in [6.45, 7) is 1.23. The molecule has 0 saturated heterocycles. The van der Waals surface area contributed by atoms with Gasteiger partial charge >= 0.3 is 5.97 Å². The molecule has 0 aliphatic heterocycles. The first-order valence-electron chi connectivity index (χ1n) is 9.86. The molecular formula is C23H27NO7. The summed E-state index contributed by atoms with van der Waals surface area (Å²) in [5.41, 5.74) is 1.86. The topological polar surface area (TPSA) is 108 Å². The van der Waals surface area contributed by atoms with Crippen LogP contribution in [0.1, 0.15) is 18.1 Å². The van der Waals surface area contributed by atoms with Gasteiger partial charge < -0.3 is 19.3 Å². The normalized spacial score (nSPS) is 14.1. The molecule has 1 N–H and O–H groups in total. The molecule has 8 nitrogen and oxygen atoms in total. The largest absolute Gasteiger partial charge is 0.457 e. The highest BCUT2D eigenvalue weighted by Crippen LogP contribution is 2.13. The maximum absolute atomic E-state index is 11.7. The minimum atomic E-state index is -1.29. The molecule has 0 heterocycles. The first-order chi connectivity index (χ1) is 14.9. The van der Waals surface area contributed by atoms with Gasteiger partial charge in [0, 0.05) is 11.8 Å². The summed E-state index contributed by atoms with van der Waals surface area (Å²) < 4.78 is 17.0. The second-order valence-electron chi connectivity index (χ2n) is 6.88. The van der Waals surface area contributed by atoms with Crippen molar-refractivity contribution in [3.8, 4) is 0 Å². The summed E-state index contributed by atoms with van der Waals surface area (Å²) in [6, 6.07) is 18.9. The number of hydrogen-bond acceptors (Lipinski definition) is 7. The molecular weight excluding hydrogens is 402 g/mol. The van der Waals surface area contributed by atoms with Crippen molar-refractivity contribution in [2.75, 3.05) is 13.2 Å².